The van der Waals surface area contributed by atoms with E-state index in [-0.39, 0.29) is 34.8 Å². The molecule has 0 bridgehead atoms. The maximum atomic E-state index is 13.8. The number of pyridine rings is 2. The lowest BCUT2D eigenvalue weighted by molar-refractivity contribution is -0.137. The van der Waals surface area contributed by atoms with Crippen LogP contribution in [0.25, 0.3) is 10.9 Å². The molecule has 2 aliphatic rings. The summed E-state index contributed by atoms with van der Waals surface area (Å²) in [6, 6.07) is 8.73. The number of anilines is 1. The second-order valence-electron chi connectivity index (χ2n) is 9.21. The fourth-order valence-electron chi connectivity index (χ4n) is 5.55. The van der Waals surface area contributed by atoms with Crippen LogP contribution in [0.15, 0.2) is 48.8 Å². The van der Waals surface area contributed by atoms with Crippen molar-refractivity contribution in [2.75, 3.05) is 5.32 Å². The topological polar surface area (TPSA) is 54.9 Å². The molecular weight excluding hydrogens is 434 g/mol. The van der Waals surface area contributed by atoms with Gasteiger partial charge in [-0.25, -0.2) is 9.37 Å². The van der Waals surface area contributed by atoms with E-state index in [0.717, 1.165) is 67.3 Å². The Balaban J connectivity index is 1.26. The number of fused-ring (bicyclic) bond motifs is 1. The maximum absolute atomic E-state index is 13.8. The molecule has 3 aromatic rings. The minimum absolute atomic E-state index is 0.0828. The highest BCUT2D eigenvalue weighted by molar-refractivity contribution is 5.93. The molecule has 1 spiro atoms. The first-order valence-electron chi connectivity index (χ1n) is 11.1. The Bertz CT molecular complexity index is 1180. The van der Waals surface area contributed by atoms with E-state index in [1.807, 2.05) is 6.07 Å². The first-order valence-corrected chi connectivity index (χ1v) is 11.1. The molecule has 0 aliphatic heterocycles. The number of hydrogen-bond donors (Lipinski definition) is 1. The van der Waals surface area contributed by atoms with Crippen LogP contribution in [0.2, 0.25) is 0 Å². The SMILES string of the molecule is O=C(Nc1ccc(C(F)(F)F)cn1)[C@H]1CC[C@]12CC[C@H](c1ccnc3ccc(F)cc31)CC2. The Kier molecular flexibility index (Phi) is 5.34. The van der Waals surface area contributed by atoms with Crippen LogP contribution in [-0.2, 0) is 11.0 Å². The number of alkyl halides is 3. The molecule has 0 radical (unpaired) electrons. The van der Waals surface area contributed by atoms with Gasteiger partial charge in [0.05, 0.1) is 11.1 Å². The lowest BCUT2D eigenvalue weighted by Gasteiger charge is -2.52. The summed E-state index contributed by atoms with van der Waals surface area (Å²) in [6.07, 6.45) is 3.33. The number of rotatable bonds is 3. The molecule has 1 amide bonds. The van der Waals surface area contributed by atoms with Crippen molar-refractivity contribution < 1.29 is 22.4 Å². The van der Waals surface area contributed by atoms with Gasteiger partial charge in [-0.1, -0.05) is 0 Å². The number of aromatic nitrogens is 2. The molecule has 8 heteroatoms. The number of hydrogen-bond acceptors (Lipinski definition) is 3. The van der Waals surface area contributed by atoms with Crippen molar-refractivity contribution in [3.63, 3.8) is 0 Å². The van der Waals surface area contributed by atoms with Crippen LogP contribution >= 0.6 is 0 Å². The van der Waals surface area contributed by atoms with E-state index in [4.69, 9.17) is 0 Å². The largest absolute Gasteiger partial charge is 0.417 e. The fourth-order valence-corrected chi connectivity index (χ4v) is 5.55. The summed E-state index contributed by atoms with van der Waals surface area (Å²) >= 11 is 0. The quantitative estimate of drug-likeness (QED) is 0.458. The van der Waals surface area contributed by atoms with Crippen LogP contribution in [0.4, 0.5) is 23.4 Å². The third-order valence-electron chi connectivity index (χ3n) is 7.49. The number of carbonyl (C=O) groups excluding carboxylic acids is 1. The second-order valence-corrected chi connectivity index (χ2v) is 9.21. The van der Waals surface area contributed by atoms with Crippen LogP contribution in [0, 0.1) is 17.2 Å². The lowest BCUT2D eigenvalue weighted by atomic mass is 9.52. The van der Waals surface area contributed by atoms with Crippen LogP contribution in [0.5, 0.6) is 0 Å². The zero-order valence-electron chi connectivity index (χ0n) is 17.8. The summed E-state index contributed by atoms with van der Waals surface area (Å²) < 4.78 is 52.0. The van der Waals surface area contributed by atoms with Crippen molar-refractivity contribution in [2.24, 2.45) is 11.3 Å². The van der Waals surface area contributed by atoms with Crippen LogP contribution in [-0.4, -0.2) is 15.9 Å². The van der Waals surface area contributed by atoms with Crippen molar-refractivity contribution in [2.45, 2.75) is 50.6 Å². The van der Waals surface area contributed by atoms with Crippen molar-refractivity contribution in [3.8, 4) is 0 Å². The summed E-state index contributed by atoms with van der Waals surface area (Å²) in [5, 5.41) is 3.54. The molecule has 0 saturated heterocycles. The Morgan fingerprint density at radius 3 is 2.39 bits per heavy atom. The van der Waals surface area contributed by atoms with Gasteiger partial charge in [0, 0.05) is 23.7 Å². The molecular formula is C25H23F4N3O. The zero-order valence-corrected chi connectivity index (χ0v) is 17.8. The molecule has 2 fully saturated rings. The molecule has 1 atom stereocenters. The molecule has 1 aromatic carbocycles. The van der Waals surface area contributed by atoms with E-state index in [1.165, 1.54) is 12.1 Å². The van der Waals surface area contributed by atoms with Gasteiger partial charge in [-0.05, 0) is 91.8 Å². The van der Waals surface area contributed by atoms with Gasteiger partial charge in [-0.15, -0.1) is 0 Å². The van der Waals surface area contributed by atoms with Gasteiger partial charge in [0.2, 0.25) is 5.91 Å². The van der Waals surface area contributed by atoms with Crippen molar-refractivity contribution >= 4 is 22.6 Å². The molecule has 2 aliphatic carbocycles. The third kappa shape index (κ3) is 4.07. The summed E-state index contributed by atoms with van der Waals surface area (Å²) in [5.41, 5.74) is 0.950. The van der Waals surface area contributed by atoms with E-state index < -0.39 is 11.7 Å². The first kappa shape index (κ1) is 21.8. The van der Waals surface area contributed by atoms with Crippen LogP contribution < -0.4 is 5.32 Å². The van der Waals surface area contributed by atoms with E-state index in [2.05, 4.69) is 15.3 Å². The highest BCUT2D eigenvalue weighted by Gasteiger charge is 2.51. The average Bonchev–Trinajstić information content (AvgIpc) is 2.78. The highest BCUT2D eigenvalue weighted by atomic mass is 19.4. The molecule has 5 rings (SSSR count). The Morgan fingerprint density at radius 2 is 1.76 bits per heavy atom. The molecule has 2 heterocycles. The minimum Gasteiger partial charge on any atom is -0.310 e. The van der Waals surface area contributed by atoms with Gasteiger partial charge in [-0.3, -0.25) is 9.78 Å². The molecule has 0 unspecified atom stereocenters. The highest BCUT2D eigenvalue weighted by Crippen LogP contribution is 2.58. The van der Waals surface area contributed by atoms with Crippen LogP contribution in [0.3, 0.4) is 0 Å². The van der Waals surface area contributed by atoms with E-state index >= 15 is 0 Å². The van der Waals surface area contributed by atoms with Crippen molar-refractivity contribution in [3.05, 3.63) is 65.7 Å². The van der Waals surface area contributed by atoms with Crippen molar-refractivity contribution in [1.82, 2.24) is 9.97 Å². The van der Waals surface area contributed by atoms with Gasteiger partial charge in [-0.2, -0.15) is 13.2 Å². The van der Waals surface area contributed by atoms with Gasteiger partial charge < -0.3 is 5.32 Å². The summed E-state index contributed by atoms with van der Waals surface area (Å²) in [6.45, 7) is 0. The lowest BCUT2D eigenvalue weighted by Crippen LogP contribution is -2.48. The number of halogens is 4. The maximum Gasteiger partial charge on any atom is 0.417 e. The summed E-state index contributed by atoms with van der Waals surface area (Å²) in [4.78, 5) is 21.0. The number of nitrogens with zero attached hydrogens (tertiary/aromatic N) is 2. The smallest absolute Gasteiger partial charge is 0.310 e. The predicted molar refractivity (Wildman–Crippen MR) is 116 cm³/mol. The van der Waals surface area contributed by atoms with E-state index in [9.17, 15) is 22.4 Å². The average molecular weight is 457 g/mol. The van der Waals surface area contributed by atoms with Gasteiger partial charge >= 0.3 is 6.18 Å². The first-order chi connectivity index (χ1) is 15.7. The van der Waals surface area contributed by atoms with E-state index in [1.54, 1.807) is 18.3 Å². The Morgan fingerprint density at radius 1 is 1.00 bits per heavy atom. The fraction of sp³-hybridized carbons (Fsp3) is 0.400. The minimum atomic E-state index is -4.46. The number of nitrogens with one attached hydrogen (secondary N) is 1. The Labute approximate surface area is 188 Å². The van der Waals surface area contributed by atoms with E-state index in [0.29, 0.717) is 0 Å². The second kappa shape index (κ2) is 8.08. The standard InChI is InChI=1S/C25H23F4N3O/c26-17-2-3-21-19(13-17)18(8-12-30-21)15-5-9-24(10-6-15)11-7-20(24)23(33)32-22-4-1-16(14-31-22)25(27,28)29/h1-4,8,12-15,20H,5-7,9-11H2,(H,31,32,33)/t15-,20-,24+/m1/s1. The normalized spacial score (nSPS) is 25.1. The molecule has 4 nitrogen and oxygen atoms in total. The monoisotopic (exact) mass is 457 g/mol. The summed E-state index contributed by atoms with van der Waals surface area (Å²) in [5.74, 6) is -0.216. The molecule has 1 N–H and O–H groups in total. The van der Waals surface area contributed by atoms with Gasteiger partial charge in [0.25, 0.3) is 0 Å². The summed E-state index contributed by atoms with van der Waals surface area (Å²) in [7, 11) is 0. The molecule has 2 aromatic heterocycles. The van der Waals surface area contributed by atoms with Crippen LogP contribution in [0.1, 0.15) is 55.6 Å². The predicted octanol–water partition coefficient (Wildman–Crippen LogP) is 6.48. The van der Waals surface area contributed by atoms with Crippen molar-refractivity contribution in [1.29, 1.82) is 0 Å². The third-order valence-corrected chi connectivity index (χ3v) is 7.49. The van der Waals surface area contributed by atoms with Gasteiger partial charge in [0.1, 0.15) is 11.6 Å². The van der Waals surface area contributed by atoms with Gasteiger partial charge in [0.15, 0.2) is 0 Å². The molecule has 33 heavy (non-hydrogen) atoms. The molecule has 2 saturated carbocycles. The number of amides is 1. The Hall–Kier alpha value is -3.03. The number of carbonyl (C=O) groups is 1. The zero-order chi connectivity index (χ0) is 23.2. The molecule has 172 valence electrons. The number of benzene rings is 1.